The van der Waals surface area contributed by atoms with Crippen molar-refractivity contribution in [1.29, 1.82) is 0 Å². The SMILES string of the molecule is CN(C)c1ccc(/C=N\NC(=O)Cc2cccc(C(F)(F)F)c2)cc1. The average molecular weight is 349 g/mol. The van der Waals surface area contributed by atoms with Crippen molar-refractivity contribution in [3.63, 3.8) is 0 Å². The molecule has 0 aliphatic rings. The van der Waals surface area contributed by atoms with Gasteiger partial charge in [-0.2, -0.15) is 18.3 Å². The van der Waals surface area contributed by atoms with Gasteiger partial charge in [0.1, 0.15) is 0 Å². The number of carbonyl (C=O) groups excluding carboxylic acids is 1. The number of halogens is 3. The molecule has 2 rings (SSSR count). The second-order valence-electron chi connectivity index (χ2n) is 5.65. The molecule has 0 unspecified atom stereocenters. The predicted octanol–water partition coefficient (Wildman–Crippen LogP) is 3.46. The van der Waals surface area contributed by atoms with Crippen LogP contribution in [-0.2, 0) is 17.4 Å². The van der Waals surface area contributed by atoms with E-state index in [0.29, 0.717) is 0 Å². The third-order valence-corrected chi connectivity index (χ3v) is 3.43. The quantitative estimate of drug-likeness (QED) is 0.664. The molecular weight excluding hydrogens is 331 g/mol. The van der Waals surface area contributed by atoms with E-state index in [4.69, 9.17) is 0 Å². The molecule has 0 bridgehead atoms. The number of alkyl halides is 3. The number of benzene rings is 2. The summed E-state index contributed by atoms with van der Waals surface area (Å²) in [6.07, 6.45) is -3.13. The van der Waals surface area contributed by atoms with Gasteiger partial charge in [-0.15, -0.1) is 0 Å². The fraction of sp³-hybridized carbons (Fsp3) is 0.222. The Bertz CT molecular complexity index is 753. The van der Waals surface area contributed by atoms with E-state index in [2.05, 4.69) is 10.5 Å². The molecule has 132 valence electrons. The Labute approximate surface area is 144 Å². The van der Waals surface area contributed by atoms with Crippen LogP contribution in [0.2, 0.25) is 0 Å². The van der Waals surface area contributed by atoms with Crippen molar-refractivity contribution in [2.24, 2.45) is 5.10 Å². The van der Waals surface area contributed by atoms with Crippen molar-refractivity contribution in [1.82, 2.24) is 5.43 Å². The van der Waals surface area contributed by atoms with E-state index in [9.17, 15) is 18.0 Å². The molecule has 0 spiro atoms. The van der Waals surface area contributed by atoms with Crippen LogP contribution in [0.1, 0.15) is 16.7 Å². The number of hydrogen-bond donors (Lipinski definition) is 1. The van der Waals surface area contributed by atoms with Crippen molar-refractivity contribution in [3.8, 4) is 0 Å². The maximum atomic E-state index is 12.6. The fourth-order valence-corrected chi connectivity index (χ4v) is 2.12. The summed E-state index contributed by atoms with van der Waals surface area (Å²) in [5.74, 6) is -0.486. The van der Waals surface area contributed by atoms with Crippen molar-refractivity contribution >= 4 is 17.8 Å². The number of nitrogens with one attached hydrogen (secondary N) is 1. The predicted molar refractivity (Wildman–Crippen MR) is 91.7 cm³/mol. The zero-order valence-electron chi connectivity index (χ0n) is 13.8. The van der Waals surface area contributed by atoms with Crippen LogP contribution in [0, 0.1) is 0 Å². The summed E-state index contributed by atoms with van der Waals surface area (Å²) in [4.78, 5) is 13.8. The Morgan fingerprint density at radius 3 is 2.44 bits per heavy atom. The first-order valence-corrected chi connectivity index (χ1v) is 7.51. The molecule has 0 aromatic heterocycles. The van der Waals surface area contributed by atoms with Crippen LogP contribution in [0.25, 0.3) is 0 Å². The highest BCUT2D eigenvalue weighted by molar-refractivity contribution is 5.83. The lowest BCUT2D eigenvalue weighted by Gasteiger charge is -2.11. The van der Waals surface area contributed by atoms with Gasteiger partial charge in [-0.05, 0) is 29.3 Å². The number of hydrazone groups is 1. The third-order valence-electron chi connectivity index (χ3n) is 3.43. The molecule has 2 aromatic rings. The number of hydrogen-bond acceptors (Lipinski definition) is 3. The van der Waals surface area contributed by atoms with Gasteiger partial charge in [-0.3, -0.25) is 4.79 Å². The summed E-state index contributed by atoms with van der Waals surface area (Å²) < 4.78 is 37.9. The summed E-state index contributed by atoms with van der Waals surface area (Å²) >= 11 is 0. The van der Waals surface area contributed by atoms with E-state index in [1.807, 2.05) is 43.3 Å². The van der Waals surface area contributed by atoms with E-state index in [1.165, 1.54) is 18.3 Å². The van der Waals surface area contributed by atoms with Crippen LogP contribution in [-0.4, -0.2) is 26.2 Å². The van der Waals surface area contributed by atoms with Crippen LogP contribution >= 0.6 is 0 Å². The molecule has 2 aromatic carbocycles. The number of rotatable bonds is 5. The topological polar surface area (TPSA) is 44.7 Å². The Kier molecular flexibility index (Phi) is 5.80. The fourth-order valence-electron chi connectivity index (χ4n) is 2.12. The van der Waals surface area contributed by atoms with Gasteiger partial charge in [-0.1, -0.05) is 30.3 Å². The van der Waals surface area contributed by atoms with Gasteiger partial charge in [0, 0.05) is 19.8 Å². The Morgan fingerprint density at radius 1 is 1.16 bits per heavy atom. The highest BCUT2D eigenvalue weighted by Crippen LogP contribution is 2.29. The van der Waals surface area contributed by atoms with Gasteiger partial charge < -0.3 is 4.90 Å². The van der Waals surface area contributed by atoms with Crippen LogP contribution < -0.4 is 10.3 Å². The lowest BCUT2D eigenvalue weighted by Crippen LogP contribution is -2.20. The van der Waals surface area contributed by atoms with Crippen LogP contribution in [0.5, 0.6) is 0 Å². The second-order valence-corrected chi connectivity index (χ2v) is 5.65. The summed E-state index contributed by atoms with van der Waals surface area (Å²) in [7, 11) is 3.86. The van der Waals surface area contributed by atoms with Gasteiger partial charge in [0.15, 0.2) is 0 Å². The Hall–Kier alpha value is -2.83. The lowest BCUT2D eigenvalue weighted by atomic mass is 10.1. The van der Waals surface area contributed by atoms with Gasteiger partial charge in [0.05, 0.1) is 18.2 Å². The molecular formula is C18H18F3N3O. The van der Waals surface area contributed by atoms with Crippen LogP contribution in [0.15, 0.2) is 53.6 Å². The smallest absolute Gasteiger partial charge is 0.378 e. The first-order chi connectivity index (χ1) is 11.8. The monoisotopic (exact) mass is 349 g/mol. The molecule has 0 radical (unpaired) electrons. The molecule has 0 saturated carbocycles. The number of nitrogens with zero attached hydrogens (tertiary/aromatic N) is 2. The van der Waals surface area contributed by atoms with Crippen LogP contribution in [0.3, 0.4) is 0 Å². The minimum atomic E-state index is -4.43. The van der Waals surface area contributed by atoms with E-state index in [0.717, 1.165) is 23.4 Å². The minimum Gasteiger partial charge on any atom is -0.378 e. The normalized spacial score (nSPS) is 11.6. The molecule has 0 saturated heterocycles. The molecule has 0 atom stereocenters. The van der Waals surface area contributed by atoms with E-state index >= 15 is 0 Å². The molecule has 0 heterocycles. The Morgan fingerprint density at radius 2 is 1.84 bits per heavy atom. The van der Waals surface area contributed by atoms with E-state index in [-0.39, 0.29) is 12.0 Å². The molecule has 0 aliphatic heterocycles. The third kappa shape index (κ3) is 5.63. The highest BCUT2D eigenvalue weighted by Gasteiger charge is 2.30. The van der Waals surface area contributed by atoms with Gasteiger partial charge >= 0.3 is 6.18 Å². The van der Waals surface area contributed by atoms with Crippen molar-refractivity contribution in [2.75, 3.05) is 19.0 Å². The van der Waals surface area contributed by atoms with Crippen LogP contribution in [0.4, 0.5) is 18.9 Å². The molecule has 1 N–H and O–H groups in total. The number of amides is 1. The summed E-state index contributed by atoms with van der Waals surface area (Å²) in [5, 5.41) is 3.82. The highest BCUT2D eigenvalue weighted by atomic mass is 19.4. The maximum Gasteiger partial charge on any atom is 0.416 e. The van der Waals surface area contributed by atoms with Crippen molar-refractivity contribution < 1.29 is 18.0 Å². The molecule has 7 heteroatoms. The number of carbonyl (C=O) groups is 1. The van der Waals surface area contributed by atoms with Crippen molar-refractivity contribution in [3.05, 3.63) is 65.2 Å². The molecule has 0 fully saturated rings. The first kappa shape index (κ1) is 18.5. The average Bonchev–Trinajstić information content (AvgIpc) is 2.55. The largest absolute Gasteiger partial charge is 0.416 e. The van der Waals surface area contributed by atoms with E-state index < -0.39 is 17.6 Å². The van der Waals surface area contributed by atoms with Gasteiger partial charge in [0.2, 0.25) is 5.91 Å². The van der Waals surface area contributed by atoms with Gasteiger partial charge in [0.25, 0.3) is 0 Å². The van der Waals surface area contributed by atoms with Gasteiger partial charge in [-0.25, -0.2) is 5.43 Å². The molecule has 0 aliphatic carbocycles. The molecule has 25 heavy (non-hydrogen) atoms. The Balaban J connectivity index is 1.92. The summed E-state index contributed by atoms with van der Waals surface area (Å²) in [6.45, 7) is 0. The zero-order chi connectivity index (χ0) is 18.4. The summed E-state index contributed by atoms with van der Waals surface area (Å²) in [5.41, 5.74) is 3.64. The van der Waals surface area contributed by atoms with E-state index in [1.54, 1.807) is 0 Å². The number of anilines is 1. The minimum absolute atomic E-state index is 0.180. The van der Waals surface area contributed by atoms with Crippen molar-refractivity contribution in [2.45, 2.75) is 12.6 Å². The molecule has 1 amide bonds. The molecule has 4 nitrogen and oxygen atoms in total. The summed E-state index contributed by atoms with van der Waals surface area (Å²) in [6, 6.07) is 12.2. The maximum absolute atomic E-state index is 12.6. The second kappa shape index (κ2) is 7.83. The standard InChI is InChI=1S/C18H18F3N3O/c1-24(2)16-8-6-13(7-9-16)12-22-23-17(25)11-14-4-3-5-15(10-14)18(19,20)21/h3-10,12H,11H2,1-2H3,(H,23,25)/b22-12-. The lowest BCUT2D eigenvalue weighted by molar-refractivity contribution is -0.137. The first-order valence-electron chi connectivity index (χ1n) is 7.51. The zero-order valence-corrected chi connectivity index (χ0v) is 13.8.